The van der Waals surface area contributed by atoms with Crippen LogP contribution < -0.4 is 5.32 Å². The highest BCUT2D eigenvalue weighted by molar-refractivity contribution is 9.10. The number of hydrogen-bond acceptors (Lipinski definition) is 1. The van der Waals surface area contributed by atoms with Gasteiger partial charge in [-0.2, -0.15) is 0 Å². The molecule has 2 aromatic carbocycles. The van der Waals surface area contributed by atoms with Crippen molar-refractivity contribution in [2.24, 2.45) is 0 Å². The number of hydrogen-bond donors (Lipinski definition) is 1. The van der Waals surface area contributed by atoms with E-state index in [1.54, 1.807) is 0 Å². The molecule has 17 heavy (non-hydrogen) atoms. The lowest BCUT2D eigenvalue weighted by Gasteiger charge is -2.17. The van der Waals surface area contributed by atoms with Gasteiger partial charge in [0, 0.05) is 9.50 Å². The zero-order chi connectivity index (χ0) is 12.3. The second-order valence-electron chi connectivity index (χ2n) is 3.82. The van der Waals surface area contributed by atoms with E-state index in [4.69, 9.17) is 11.6 Å². The highest BCUT2D eigenvalue weighted by Crippen LogP contribution is 2.24. The summed E-state index contributed by atoms with van der Waals surface area (Å²) < 4.78 is 1.09. The summed E-state index contributed by atoms with van der Waals surface area (Å²) in [5, 5.41) is 4.08. The van der Waals surface area contributed by atoms with Crippen LogP contribution in [0.3, 0.4) is 0 Å². The van der Waals surface area contributed by atoms with Crippen molar-refractivity contribution in [1.29, 1.82) is 0 Å². The van der Waals surface area contributed by atoms with Crippen LogP contribution in [0, 0.1) is 0 Å². The Hall–Kier alpha value is -0.830. The van der Waals surface area contributed by atoms with Gasteiger partial charge in [0.1, 0.15) is 0 Å². The van der Waals surface area contributed by atoms with E-state index in [1.807, 2.05) is 31.3 Å². The monoisotopic (exact) mass is 309 g/mol. The third-order valence-electron chi connectivity index (χ3n) is 2.70. The second kappa shape index (κ2) is 5.67. The summed E-state index contributed by atoms with van der Waals surface area (Å²) in [6.45, 7) is 0. The van der Waals surface area contributed by atoms with Gasteiger partial charge in [-0.05, 0) is 42.4 Å². The SMILES string of the molecule is CNC(c1ccc(Cl)cc1)c1ccc(Br)cc1. The first-order chi connectivity index (χ1) is 8.20. The van der Waals surface area contributed by atoms with Crippen LogP contribution >= 0.6 is 27.5 Å². The molecule has 0 radical (unpaired) electrons. The molecule has 0 bridgehead atoms. The first-order valence-corrected chi connectivity index (χ1v) is 6.56. The molecule has 0 saturated heterocycles. The Kier molecular flexibility index (Phi) is 4.21. The molecule has 1 N–H and O–H groups in total. The van der Waals surface area contributed by atoms with E-state index in [9.17, 15) is 0 Å². The lowest BCUT2D eigenvalue weighted by atomic mass is 9.99. The summed E-state index contributed by atoms with van der Waals surface area (Å²) in [6.07, 6.45) is 0. The predicted octanol–water partition coefficient (Wildman–Crippen LogP) is 4.41. The Morgan fingerprint density at radius 3 is 1.88 bits per heavy atom. The van der Waals surface area contributed by atoms with Crippen LogP contribution in [0.2, 0.25) is 5.02 Å². The summed E-state index contributed by atoms with van der Waals surface area (Å²) in [5.41, 5.74) is 2.44. The molecule has 2 aromatic rings. The van der Waals surface area contributed by atoms with E-state index < -0.39 is 0 Å². The van der Waals surface area contributed by atoms with E-state index in [0.717, 1.165) is 9.50 Å². The van der Waals surface area contributed by atoms with E-state index in [0.29, 0.717) is 0 Å². The van der Waals surface area contributed by atoms with Crippen LogP contribution in [0.5, 0.6) is 0 Å². The molecular formula is C14H13BrClN. The third-order valence-corrected chi connectivity index (χ3v) is 3.48. The zero-order valence-electron chi connectivity index (χ0n) is 9.45. The largest absolute Gasteiger partial charge is 0.309 e. The zero-order valence-corrected chi connectivity index (χ0v) is 11.8. The van der Waals surface area contributed by atoms with Crippen molar-refractivity contribution in [3.05, 3.63) is 69.2 Å². The molecule has 1 nitrogen and oxygen atoms in total. The molecule has 0 spiro atoms. The third kappa shape index (κ3) is 3.09. The number of benzene rings is 2. The lowest BCUT2D eigenvalue weighted by Crippen LogP contribution is -2.17. The summed E-state index contributed by atoms with van der Waals surface area (Å²) in [6, 6.07) is 16.4. The van der Waals surface area contributed by atoms with Crippen molar-refractivity contribution in [2.75, 3.05) is 7.05 Å². The maximum absolute atomic E-state index is 5.90. The minimum absolute atomic E-state index is 0.195. The van der Waals surface area contributed by atoms with Crippen LogP contribution in [0.25, 0.3) is 0 Å². The van der Waals surface area contributed by atoms with Gasteiger partial charge in [-0.15, -0.1) is 0 Å². The maximum Gasteiger partial charge on any atom is 0.0574 e. The molecule has 0 aliphatic rings. The van der Waals surface area contributed by atoms with Gasteiger partial charge in [-0.3, -0.25) is 0 Å². The van der Waals surface area contributed by atoms with Crippen LogP contribution in [-0.4, -0.2) is 7.05 Å². The molecule has 1 unspecified atom stereocenters. The van der Waals surface area contributed by atoms with Gasteiger partial charge in [0.05, 0.1) is 6.04 Å². The van der Waals surface area contributed by atoms with Gasteiger partial charge in [-0.25, -0.2) is 0 Å². The first kappa shape index (κ1) is 12.6. The fourth-order valence-corrected chi connectivity index (χ4v) is 2.23. The molecule has 0 aliphatic heterocycles. The van der Waals surface area contributed by atoms with Gasteiger partial charge in [0.15, 0.2) is 0 Å². The molecule has 1 atom stereocenters. The van der Waals surface area contributed by atoms with Crippen LogP contribution in [0.1, 0.15) is 17.2 Å². The summed E-state index contributed by atoms with van der Waals surface area (Å²) >= 11 is 9.34. The standard InChI is InChI=1S/C14H13BrClN/c1-17-14(10-2-6-12(15)7-3-10)11-4-8-13(16)9-5-11/h2-9,14,17H,1H3. The molecule has 0 fully saturated rings. The van der Waals surface area contributed by atoms with Crippen molar-refractivity contribution in [2.45, 2.75) is 6.04 Å². The second-order valence-corrected chi connectivity index (χ2v) is 5.18. The molecular weight excluding hydrogens is 298 g/mol. The van der Waals surface area contributed by atoms with Crippen LogP contribution in [0.15, 0.2) is 53.0 Å². The Bertz CT molecular complexity index is 433. The molecule has 88 valence electrons. The van der Waals surface area contributed by atoms with E-state index >= 15 is 0 Å². The summed E-state index contributed by atoms with van der Waals surface area (Å²) in [5.74, 6) is 0. The summed E-state index contributed by atoms with van der Waals surface area (Å²) in [7, 11) is 1.96. The normalized spacial score (nSPS) is 12.4. The highest BCUT2D eigenvalue weighted by atomic mass is 79.9. The van der Waals surface area contributed by atoms with Gasteiger partial charge >= 0.3 is 0 Å². The number of rotatable bonds is 3. The van der Waals surface area contributed by atoms with Crippen LogP contribution in [-0.2, 0) is 0 Å². The average molecular weight is 311 g/mol. The first-order valence-electron chi connectivity index (χ1n) is 5.39. The van der Waals surface area contributed by atoms with E-state index in [-0.39, 0.29) is 6.04 Å². The van der Waals surface area contributed by atoms with Crippen molar-refractivity contribution in [3.8, 4) is 0 Å². The maximum atomic E-state index is 5.90. The Labute approximate surface area is 115 Å². The smallest absolute Gasteiger partial charge is 0.0574 e. The molecule has 3 heteroatoms. The van der Waals surface area contributed by atoms with E-state index in [2.05, 4.69) is 45.5 Å². The average Bonchev–Trinajstić information content (AvgIpc) is 2.35. The van der Waals surface area contributed by atoms with E-state index in [1.165, 1.54) is 11.1 Å². The quantitative estimate of drug-likeness (QED) is 0.885. The van der Waals surface area contributed by atoms with Crippen molar-refractivity contribution in [1.82, 2.24) is 5.32 Å². The topological polar surface area (TPSA) is 12.0 Å². The number of nitrogens with one attached hydrogen (secondary N) is 1. The van der Waals surface area contributed by atoms with Crippen molar-refractivity contribution in [3.63, 3.8) is 0 Å². The van der Waals surface area contributed by atoms with Crippen LogP contribution in [0.4, 0.5) is 0 Å². The Morgan fingerprint density at radius 1 is 0.941 bits per heavy atom. The fraction of sp³-hybridized carbons (Fsp3) is 0.143. The Morgan fingerprint density at radius 2 is 1.41 bits per heavy atom. The minimum Gasteiger partial charge on any atom is -0.309 e. The molecule has 2 rings (SSSR count). The van der Waals surface area contributed by atoms with Gasteiger partial charge in [-0.1, -0.05) is 51.8 Å². The predicted molar refractivity (Wildman–Crippen MR) is 76.5 cm³/mol. The molecule has 0 aliphatic carbocycles. The highest BCUT2D eigenvalue weighted by Gasteiger charge is 2.11. The van der Waals surface area contributed by atoms with Crippen molar-refractivity contribution >= 4 is 27.5 Å². The number of halogens is 2. The minimum atomic E-state index is 0.195. The molecule has 0 aromatic heterocycles. The molecule has 0 amide bonds. The van der Waals surface area contributed by atoms with Crippen molar-refractivity contribution < 1.29 is 0 Å². The van der Waals surface area contributed by atoms with Gasteiger partial charge < -0.3 is 5.32 Å². The van der Waals surface area contributed by atoms with Gasteiger partial charge in [0.2, 0.25) is 0 Å². The Balaban J connectivity index is 2.33. The fourth-order valence-electron chi connectivity index (χ4n) is 1.84. The summed E-state index contributed by atoms with van der Waals surface area (Å²) in [4.78, 5) is 0. The molecule has 0 heterocycles. The molecule has 0 saturated carbocycles. The van der Waals surface area contributed by atoms with Gasteiger partial charge in [0.25, 0.3) is 0 Å². The lowest BCUT2D eigenvalue weighted by molar-refractivity contribution is 0.692.